The van der Waals surface area contributed by atoms with E-state index in [2.05, 4.69) is 43.5 Å². The summed E-state index contributed by atoms with van der Waals surface area (Å²) in [5, 5.41) is 33.0. The van der Waals surface area contributed by atoms with Gasteiger partial charge in [0.25, 0.3) is 0 Å². The molecule has 0 aromatic carbocycles. The third kappa shape index (κ3) is 38.1. The molecule has 300 valence electrons. The molecule has 3 unspecified atom stereocenters. The Balaban J connectivity index is 3.54. The second kappa shape index (κ2) is 41.3. The number of hydrogen-bond acceptors (Lipinski definition) is 4. The van der Waals surface area contributed by atoms with E-state index in [4.69, 9.17) is 0 Å². The van der Waals surface area contributed by atoms with Gasteiger partial charge >= 0.3 is 0 Å². The molecule has 0 radical (unpaired) electrons. The Labute approximate surface area is 317 Å². The number of aliphatic hydroxyl groups is 3. The first-order chi connectivity index (χ1) is 25.0. The fourth-order valence-electron chi connectivity index (χ4n) is 6.79. The van der Waals surface area contributed by atoms with Crippen LogP contribution in [-0.2, 0) is 4.79 Å². The van der Waals surface area contributed by atoms with Crippen LogP contribution in [0, 0.1) is 0 Å². The van der Waals surface area contributed by atoms with Gasteiger partial charge in [0.2, 0.25) is 5.91 Å². The molecule has 51 heavy (non-hydrogen) atoms. The topological polar surface area (TPSA) is 89.8 Å². The average Bonchev–Trinajstić information content (AvgIpc) is 3.12. The molecule has 0 aromatic heterocycles. The van der Waals surface area contributed by atoms with Gasteiger partial charge in [0.05, 0.1) is 31.3 Å². The largest absolute Gasteiger partial charge is 0.394 e. The van der Waals surface area contributed by atoms with Crippen molar-refractivity contribution in [3.63, 3.8) is 0 Å². The normalized spacial score (nSPS) is 13.9. The van der Waals surface area contributed by atoms with E-state index in [-0.39, 0.29) is 18.9 Å². The number of carbonyl (C=O) groups excluding carboxylic acids is 1. The number of hydrogen-bond donors (Lipinski definition) is 4. The molecular weight excluding hydrogens is 631 g/mol. The second-order valence-electron chi connectivity index (χ2n) is 15.3. The molecule has 0 spiro atoms. The van der Waals surface area contributed by atoms with Crippen LogP contribution in [0.5, 0.6) is 0 Å². The molecule has 0 aliphatic heterocycles. The first kappa shape index (κ1) is 49.6. The summed E-state index contributed by atoms with van der Waals surface area (Å²) in [7, 11) is 0. The maximum atomic E-state index is 12.4. The molecule has 0 fully saturated rings. The molecule has 0 saturated carbocycles. The Morgan fingerprint density at radius 1 is 0.510 bits per heavy atom. The summed E-state index contributed by atoms with van der Waals surface area (Å²) < 4.78 is 0. The minimum atomic E-state index is -0.956. The summed E-state index contributed by atoms with van der Waals surface area (Å²) in [6.07, 6.45) is 51.7. The SMILES string of the molecule is CC/C=C/CC/C=C/CC/C=C/C(O)C(CO)NC(=O)CC(O)CCCCCCCCCCCCCCCCCCCCCCCCCCCC. The Kier molecular flexibility index (Phi) is 40.2. The number of aliphatic hydroxyl groups excluding tert-OH is 3. The lowest BCUT2D eigenvalue weighted by Crippen LogP contribution is -2.45. The Hall–Kier alpha value is -1.43. The molecule has 4 N–H and O–H groups in total. The predicted molar refractivity (Wildman–Crippen MR) is 222 cm³/mol. The molecule has 0 bridgehead atoms. The highest BCUT2D eigenvalue weighted by molar-refractivity contribution is 5.76. The van der Waals surface area contributed by atoms with E-state index in [9.17, 15) is 20.1 Å². The predicted octanol–water partition coefficient (Wildman–Crippen LogP) is 12.8. The average molecular weight is 718 g/mol. The molecular formula is C46H87NO4. The van der Waals surface area contributed by atoms with Crippen LogP contribution in [0.2, 0.25) is 0 Å². The van der Waals surface area contributed by atoms with Crippen molar-refractivity contribution < 1.29 is 20.1 Å². The van der Waals surface area contributed by atoms with Crippen molar-refractivity contribution >= 4 is 5.91 Å². The molecule has 0 aliphatic carbocycles. The van der Waals surface area contributed by atoms with Crippen LogP contribution in [0.25, 0.3) is 0 Å². The van der Waals surface area contributed by atoms with Crippen molar-refractivity contribution in [3.05, 3.63) is 36.5 Å². The molecule has 3 atom stereocenters. The van der Waals surface area contributed by atoms with Crippen LogP contribution in [0.4, 0.5) is 0 Å². The minimum Gasteiger partial charge on any atom is -0.394 e. The highest BCUT2D eigenvalue weighted by atomic mass is 16.3. The highest BCUT2D eigenvalue weighted by Crippen LogP contribution is 2.16. The first-order valence-electron chi connectivity index (χ1n) is 22.3. The number of allylic oxidation sites excluding steroid dienone is 5. The lowest BCUT2D eigenvalue weighted by Gasteiger charge is -2.21. The van der Waals surface area contributed by atoms with Crippen molar-refractivity contribution in [2.24, 2.45) is 0 Å². The molecule has 1 amide bonds. The van der Waals surface area contributed by atoms with E-state index < -0.39 is 18.2 Å². The van der Waals surface area contributed by atoms with Gasteiger partial charge in [-0.1, -0.05) is 217 Å². The van der Waals surface area contributed by atoms with Gasteiger partial charge in [0.1, 0.15) is 0 Å². The van der Waals surface area contributed by atoms with E-state index in [1.165, 1.54) is 154 Å². The lowest BCUT2D eigenvalue weighted by molar-refractivity contribution is -0.124. The number of carbonyl (C=O) groups is 1. The quantitative estimate of drug-likeness (QED) is 0.0375. The van der Waals surface area contributed by atoms with Crippen LogP contribution >= 0.6 is 0 Å². The van der Waals surface area contributed by atoms with Gasteiger partial charge < -0.3 is 20.6 Å². The van der Waals surface area contributed by atoms with Crippen molar-refractivity contribution in [2.45, 2.75) is 244 Å². The molecule has 5 nitrogen and oxygen atoms in total. The van der Waals surface area contributed by atoms with Crippen molar-refractivity contribution in [3.8, 4) is 0 Å². The van der Waals surface area contributed by atoms with Crippen LogP contribution in [0.15, 0.2) is 36.5 Å². The molecule has 0 rings (SSSR count). The zero-order chi connectivity index (χ0) is 37.3. The van der Waals surface area contributed by atoms with Gasteiger partial charge in [0, 0.05) is 0 Å². The third-order valence-corrected chi connectivity index (χ3v) is 10.2. The Bertz CT molecular complexity index is 794. The number of rotatable bonds is 40. The van der Waals surface area contributed by atoms with Gasteiger partial charge in [-0.05, 0) is 38.5 Å². The number of nitrogens with one attached hydrogen (secondary N) is 1. The standard InChI is InChI=1S/C46H87NO4/c1-3-5-7-9-11-13-15-16-17-18-19-20-21-22-23-24-25-26-27-28-29-30-31-33-35-37-39-43(49)41-46(51)47-44(42-48)45(50)40-38-36-34-32-14-12-10-8-6-4-2/h6,8,14,32,38,40,43-45,48-50H,3-5,7,9-13,15-31,33-37,39,41-42H2,1-2H3,(H,47,51)/b8-6+,32-14+,40-38+. The van der Waals surface area contributed by atoms with Crippen LogP contribution in [0.1, 0.15) is 226 Å². The van der Waals surface area contributed by atoms with Crippen molar-refractivity contribution in [1.82, 2.24) is 5.32 Å². The summed E-state index contributed by atoms with van der Waals surface area (Å²) in [6.45, 7) is 4.08. The van der Waals surface area contributed by atoms with Gasteiger partial charge in [-0.2, -0.15) is 0 Å². The smallest absolute Gasteiger partial charge is 0.222 e. The summed E-state index contributed by atoms with van der Waals surface area (Å²) in [5.41, 5.74) is 0. The van der Waals surface area contributed by atoms with Gasteiger partial charge in [-0.15, -0.1) is 0 Å². The summed E-state index contributed by atoms with van der Waals surface area (Å²) in [6, 6.07) is -0.763. The first-order valence-corrected chi connectivity index (χ1v) is 22.3. The summed E-state index contributed by atoms with van der Waals surface area (Å²) >= 11 is 0. The number of unbranched alkanes of at least 4 members (excludes halogenated alkanes) is 27. The molecule has 0 heterocycles. The lowest BCUT2D eigenvalue weighted by atomic mass is 10.0. The minimum absolute atomic E-state index is 0.00458. The zero-order valence-corrected chi connectivity index (χ0v) is 34.0. The van der Waals surface area contributed by atoms with Gasteiger partial charge in [-0.25, -0.2) is 0 Å². The van der Waals surface area contributed by atoms with Crippen LogP contribution < -0.4 is 5.32 Å². The Morgan fingerprint density at radius 3 is 1.24 bits per heavy atom. The highest BCUT2D eigenvalue weighted by Gasteiger charge is 2.20. The summed E-state index contributed by atoms with van der Waals surface area (Å²) in [4.78, 5) is 12.4. The van der Waals surface area contributed by atoms with E-state index >= 15 is 0 Å². The third-order valence-electron chi connectivity index (χ3n) is 10.2. The molecule has 5 heteroatoms. The van der Waals surface area contributed by atoms with Gasteiger partial charge in [-0.3, -0.25) is 4.79 Å². The van der Waals surface area contributed by atoms with Crippen molar-refractivity contribution in [2.75, 3.05) is 6.61 Å². The zero-order valence-electron chi connectivity index (χ0n) is 34.0. The van der Waals surface area contributed by atoms with E-state index in [0.29, 0.717) is 6.42 Å². The Morgan fingerprint density at radius 2 is 0.863 bits per heavy atom. The molecule has 0 aromatic rings. The molecule has 0 aliphatic rings. The fraction of sp³-hybridized carbons (Fsp3) is 0.848. The second-order valence-corrected chi connectivity index (χ2v) is 15.3. The number of amides is 1. The maximum absolute atomic E-state index is 12.4. The van der Waals surface area contributed by atoms with E-state index in [1.54, 1.807) is 6.08 Å². The van der Waals surface area contributed by atoms with Gasteiger partial charge in [0.15, 0.2) is 0 Å². The fourth-order valence-corrected chi connectivity index (χ4v) is 6.79. The molecule has 0 saturated heterocycles. The van der Waals surface area contributed by atoms with Crippen molar-refractivity contribution in [1.29, 1.82) is 0 Å². The maximum Gasteiger partial charge on any atom is 0.222 e. The van der Waals surface area contributed by atoms with Crippen LogP contribution in [-0.4, -0.2) is 46.1 Å². The van der Waals surface area contributed by atoms with E-state index in [1.807, 2.05) is 6.08 Å². The van der Waals surface area contributed by atoms with E-state index in [0.717, 1.165) is 44.9 Å². The monoisotopic (exact) mass is 718 g/mol. The van der Waals surface area contributed by atoms with Crippen LogP contribution in [0.3, 0.4) is 0 Å². The summed E-state index contributed by atoms with van der Waals surface area (Å²) in [5.74, 6) is -0.330.